The van der Waals surface area contributed by atoms with Crippen LogP contribution in [-0.4, -0.2) is 22.5 Å². The second-order valence-corrected chi connectivity index (χ2v) is 8.48. The van der Waals surface area contributed by atoms with E-state index in [1.54, 1.807) is 11.0 Å². The molecule has 0 saturated carbocycles. The average molecular weight is 464 g/mol. The molecule has 0 aliphatic rings. The summed E-state index contributed by atoms with van der Waals surface area (Å²) in [4.78, 5) is 19.7. The minimum Gasteiger partial charge on any atom is -0.318 e. The highest BCUT2D eigenvalue weighted by Gasteiger charge is 2.17. The van der Waals surface area contributed by atoms with E-state index >= 15 is 0 Å². The largest absolute Gasteiger partial charge is 0.322 e. The van der Waals surface area contributed by atoms with Gasteiger partial charge in [-0.05, 0) is 54.6 Å². The molecule has 4 rings (SSSR count). The van der Waals surface area contributed by atoms with Gasteiger partial charge < -0.3 is 10.2 Å². The number of nitrogens with one attached hydrogen (secondary N) is 1. The van der Waals surface area contributed by atoms with Gasteiger partial charge in [0, 0.05) is 27.7 Å². The Bertz CT molecular complexity index is 1250. The number of anilines is 1. The molecule has 162 valence electrons. The average Bonchev–Trinajstić information content (AvgIpc) is 2.78. The molecule has 2 amide bonds. The molecule has 0 aliphatic carbocycles. The number of hydrogen-bond acceptors (Lipinski definition) is 2. The smallest absolute Gasteiger partial charge is 0.318 e. The zero-order chi connectivity index (χ0) is 22.5. The quantitative estimate of drug-likeness (QED) is 0.330. The van der Waals surface area contributed by atoms with Gasteiger partial charge in [-0.15, -0.1) is 0 Å². The number of aryl methyl sites for hydroxylation is 1. The maximum absolute atomic E-state index is 13.3. The van der Waals surface area contributed by atoms with Gasteiger partial charge >= 0.3 is 6.03 Å². The molecule has 0 aliphatic heterocycles. The van der Waals surface area contributed by atoms with Crippen molar-refractivity contribution in [2.75, 3.05) is 11.9 Å². The van der Waals surface area contributed by atoms with Crippen LogP contribution < -0.4 is 5.32 Å². The molecule has 0 radical (unpaired) electrons. The van der Waals surface area contributed by atoms with Crippen LogP contribution in [0.15, 0.2) is 78.9 Å². The molecule has 1 N–H and O–H groups in total. The highest BCUT2D eigenvalue weighted by molar-refractivity contribution is 6.35. The molecule has 0 spiro atoms. The molecule has 0 atom stereocenters. The molecule has 3 aromatic carbocycles. The first-order chi connectivity index (χ1) is 15.5. The maximum Gasteiger partial charge on any atom is 0.322 e. The van der Waals surface area contributed by atoms with E-state index in [0.717, 1.165) is 33.4 Å². The van der Waals surface area contributed by atoms with Crippen LogP contribution in [0.2, 0.25) is 10.0 Å². The third-order valence-corrected chi connectivity index (χ3v) is 5.87. The fourth-order valence-electron chi connectivity index (χ4n) is 3.64. The number of rotatable bonds is 6. The van der Waals surface area contributed by atoms with Crippen molar-refractivity contribution in [2.24, 2.45) is 0 Å². The number of nitrogens with zero attached hydrogens (tertiary/aromatic N) is 2. The van der Waals surface area contributed by atoms with E-state index in [4.69, 9.17) is 23.2 Å². The fraction of sp³-hybridized carbons (Fsp3) is 0.154. The highest BCUT2D eigenvalue weighted by atomic mass is 35.5. The second-order valence-electron chi connectivity index (χ2n) is 7.63. The number of carbonyl (C=O) groups excluding carboxylic acids is 1. The standard InChI is InChI=1S/C26H23Cl2N3O/c1-18-6-4-9-22(29-18)17-31(15-14-20-12-13-21(27)16-24(20)28)26(32)30-25-11-5-8-19-7-2-3-10-23(19)25/h2-13,16H,14-15,17H2,1H3,(H,30,32). The van der Waals surface area contributed by atoms with Gasteiger partial charge in [0.2, 0.25) is 0 Å². The van der Waals surface area contributed by atoms with E-state index in [9.17, 15) is 4.79 Å². The minimum atomic E-state index is -0.185. The molecular formula is C26H23Cl2N3O. The number of aromatic nitrogens is 1. The molecule has 0 saturated heterocycles. The van der Waals surface area contributed by atoms with E-state index in [-0.39, 0.29) is 6.03 Å². The van der Waals surface area contributed by atoms with Crippen LogP contribution in [0, 0.1) is 6.92 Å². The molecular weight excluding hydrogens is 441 g/mol. The van der Waals surface area contributed by atoms with Gasteiger partial charge in [-0.3, -0.25) is 4.98 Å². The van der Waals surface area contributed by atoms with Crippen molar-refractivity contribution in [3.8, 4) is 0 Å². The zero-order valence-electron chi connectivity index (χ0n) is 17.7. The number of amides is 2. The number of benzene rings is 3. The monoisotopic (exact) mass is 463 g/mol. The van der Waals surface area contributed by atoms with Crippen molar-refractivity contribution in [3.05, 3.63) is 106 Å². The molecule has 0 unspecified atom stereocenters. The molecule has 4 aromatic rings. The number of halogens is 2. The molecule has 1 heterocycles. The summed E-state index contributed by atoms with van der Waals surface area (Å²) in [6, 6.07) is 24.9. The first-order valence-corrected chi connectivity index (χ1v) is 11.2. The van der Waals surface area contributed by atoms with Crippen LogP contribution >= 0.6 is 23.2 Å². The molecule has 1 aromatic heterocycles. The van der Waals surface area contributed by atoms with Gasteiger partial charge in [-0.2, -0.15) is 0 Å². The molecule has 0 fully saturated rings. The Labute approximate surface area is 197 Å². The molecule has 6 heteroatoms. The second kappa shape index (κ2) is 10.0. The predicted molar refractivity (Wildman–Crippen MR) is 133 cm³/mol. The Morgan fingerprint density at radius 1 is 0.969 bits per heavy atom. The first-order valence-electron chi connectivity index (χ1n) is 10.4. The minimum absolute atomic E-state index is 0.185. The Morgan fingerprint density at radius 3 is 2.56 bits per heavy atom. The predicted octanol–water partition coefficient (Wildman–Crippen LogP) is 7.13. The van der Waals surface area contributed by atoms with Gasteiger partial charge in [-0.25, -0.2) is 4.79 Å². The number of carbonyl (C=O) groups is 1. The fourth-order valence-corrected chi connectivity index (χ4v) is 4.15. The lowest BCUT2D eigenvalue weighted by molar-refractivity contribution is 0.209. The summed E-state index contributed by atoms with van der Waals surface area (Å²) in [7, 11) is 0. The topological polar surface area (TPSA) is 45.2 Å². The molecule has 4 nitrogen and oxygen atoms in total. The Hall–Kier alpha value is -3.08. The van der Waals surface area contributed by atoms with Gasteiger partial charge in [0.15, 0.2) is 0 Å². The van der Waals surface area contributed by atoms with E-state index in [1.807, 2.05) is 79.7 Å². The zero-order valence-corrected chi connectivity index (χ0v) is 19.2. The third kappa shape index (κ3) is 5.39. The summed E-state index contributed by atoms with van der Waals surface area (Å²) in [6.45, 7) is 2.81. The van der Waals surface area contributed by atoms with Gasteiger partial charge in [-0.1, -0.05) is 71.7 Å². The van der Waals surface area contributed by atoms with Crippen molar-refractivity contribution in [1.29, 1.82) is 0 Å². The van der Waals surface area contributed by atoms with E-state index in [0.29, 0.717) is 29.6 Å². The van der Waals surface area contributed by atoms with Crippen molar-refractivity contribution in [1.82, 2.24) is 9.88 Å². The molecule has 0 bridgehead atoms. The van der Waals surface area contributed by atoms with E-state index in [1.165, 1.54) is 0 Å². The summed E-state index contributed by atoms with van der Waals surface area (Å²) in [5, 5.41) is 6.35. The van der Waals surface area contributed by atoms with Crippen LogP contribution in [0.1, 0.15) is 17.0 Å². The Morgan fingerprint density at radius 2 is 1.75 bits per heavy atom. The first kappa shape index (κ1) is 22.1. The number of pyridine rings is 1. The Kier molecular flexibility index (Phi) is 6.93. The summed E-state index contributed by atoms with van der Waals surface area (Å²) in [5.74, 6) is 0. The van der Waals surface area contributed by atoms with Crippen molar-refractivity contribution in [3.63, 3.8) is 0 Å². The SMILES string of the molecule is Cc1cccc(CN(CCc2ccc(Cl)cc2Cl)C(=O)Nc2cccc3ccccc23)n1. The van der Waals surface area contributed by atoms with Crippen molar-refractivity contribution < 1.29 is 4.79 Å². The number of hydrogen-bond donors (Lipinski definition) is 1. The molecule has 32 heavy (non-hydrogen) atoms. The third-order valence-electron chi connectivity index (χ3n) is 5.28. The van der Waals surface area contributed by atoms with Crippen molar-refractivity contribution >= 4 is 45.7 Å². The summed E-state index contributed by atoms with van der Waals surface area (Å²) < 4.78 is 0. The lowest BCUT2D eigenvalue weighted by Crippen LogP contribution is -2.36. The van der Waals surface area contributed by atoms with E-state index in [2.05, 4.69) is 10.3 Å². The van der Waals surface area contributed by atoms with E-state index < -0.39 is 0 Å². The van der Waals surface area contributed by atoms with Gasteiger partial charge in [0.25, 0.3) is 0 Å². The summed E-state index contributed by atoms with van der Waals surface area (Å²) in [5.41, 5.74) is 3.47. The van der Waals surface area contributed by atoms with Crippen LogP contribution in [0.5, 0.6) is 0 Å². The van der Waals surface area contributed by atoms with Gasteiger partial charge in [0.05, 0.1) is 17.9 Å². The number of urea groups is 1. The van der Waals surface area contributed by atoms with Crippen LogP contribution in [0.4, 0.5) is 10.5 Å². The van der Waals surface area contributed by atoms with Crippen molar-refractivity contribution in [2.45, 2.75) is 19.9 Å². The maximum atomic E-state index is 13.3. The normalized spacial score (nSPS) is 10.8. The van der Waals surface area contributed by atoms with Gasteiger partial charge in [0.1, 0.15) is 0 Å². The lowest BCUT2D eigenvalue weighted by Gasteiger charge is -2.24. The van der Waals surface area contributed by atoms with Crippen LogP contribution in [0.25, 0.3) is 10.8 Å². The summed E-state index contributed by atoms with van der Waals surface area (Å²) in [6.07, 6.45) is 0.602. The Balaban J connectivity index is 1.57. The van der Waals surface area contributed by atoms with Crippen LogP contribution in [-0.2, 0) is 13.0 Å². The number of fused-ring (bicyclic) bond motifs is 1. The summed E-state index contributed by atoms with van der Waals surface area (Å²) >= 11 is 12.4. The highest BCUT2D eigenvalue weighted by Crippen LogP contribution is 2.24. The lowest BCUT2D eigenvalue weighted by atomic mass is 10.1. The van der Waals surface area contributed by atoms with Crippen LogP contribution in [0.3, 0.4) is 0 Å².